The summed E-state index contributed by atoms with van der Waals surface area (Å²) in [7, 11) is 0. The van der Waals surface area contributed by atoms with Gasteiger partial charge in [0, 0.05) is 17.1 Å². The number of fused-ring (bicyclic) bond motifs is 3. The van der Waals surface area contributed by atoms with E-state index in [-0.39, 0.29) is 0 Å². The lowest BCUT2D eigenvalue weighted by molar-refractivity contribution is 1.34. The molecule has 0 fully saturated rings. The van der Waals surface area contributed by atoms with Crippen molar-refractivity contribution < 1.29 is 0 Å². The standard InChI is InChI=1S/C47H32N4/c48-43-27-24-35(33-20-18-32(19-21-33)31-10-2-1-3-11-31)29-45(43)51-50-38-25-22-34(23-26-38)46-39-13-5-7-15-41(39)47(42-16-8-6-14-40(42)46)37-28-36-12-4-9-17-44(36)49-30-37/h1-30,48,50H/b48-43?,51-45-. The third-order valence-corrected chi connectivity index (χ3v) is 9.61. The van der Waals surface area contributed by atoms with Crippen molar-refractivity contribution in [2.24, 2.45) is 5.10 Å². The van der Waals surface area contributed by atoms with Crippen molar-refractivity contribution in [3.05, 3.63) is 188 Å². The number of para-hydroxylation sites is 1. The molecule has 0 atom stereocenters. The molecule has 2 N–H and O–H groups in total. The highest BCUT2D eigenvalue weighted by Gasteiger charge is 2.17. The Labute approximate surface area is 296 Å². The topological polar surface area (TPSA) is 61.1 Å². The third kappa shape index (κ3) is 5.69. The Morgan fingerprint density at radius 3 is 1.73 bits per heavy atom. The molecule has 7 aromatic carbocycles. The van der Waals surface area contributed by atoms with Gasteiger partial charge in [-0.1, -0.05) is 140 Å². The van der Waals surface area contributed by atoms with E-state index < -0.39 is 0 Å². The predicted molar refractivity (Wildman–Crippen MR) is 215 cm³/mol. The van der Waals surface area contributed by atoms with Crippen molar-refractivity contribution in [2.45, 2.75) is 0 Å². The summed E-state index contributed by atoms with van der Waals surface area (Å²) in [5.41, 5.74) is 15.1. The van der Waals surface area contributed by atoms with Crippen molar-refractivity contribution in [2.75, 3.05) is 5.43 Å². The van der Waals surface area contributed by atoms with E-state index in [9.17, 15) is 0 Å². The quantitative estimate of drug-likeness (QED) is 0.107. The Morgan fingerprint density at radius 2 is 1.04 bits per heavy atom. The summed E-state index contributed by atoms with van der Waals surface area (Å²) in [6.07, 6.45) is 7.74. The van der Waals surface area contributed by atoms with Crippen LogP contribution in [0.1, 0.15) is 5.56 Å². The maximum absolute atomic E-state index is 8.52. The number of nitrogens with zero attached hydrogens (tertiary/aromatic N) is 2. The zero-order chi connectivity index (χ0) is 34.1. The van der Waals surface area contributed by atoms with Crippen LogP contribution in [0.15, 0.2) is 187 Å². The van der Waals surface area contributed by atoms with Gasteiger partial charge in [-0.2, -0.15) is 5.10 Å². The molecule has 0 radical (unpaired) electrons. The van der Waals surface area contributed by atoms with Gasteiger partial charge in [-0.3, -0.25) is 15.8 Å². The fourth-order valence-electron chi connectivity index (χ4n) is 7.08. The smallest absolute Gasteiger partial charge is 0.109 e. The number of hydrazone groups is 1. The fraction of sp³-hybridized carbons (Fsp3) is 0. The maximum atomic E-state index is 8.52. The second-order valence-electron chi connectivity index (χ2n) is 12.7. The van der Waals surface area contributed by atoms with Crippen LogP contribution in [0.3, 0.4) is 0 Å². The van der Waals surface area contributed by atoms with E-state index >= 15 is 0 Å². The summed E-state index contributed by atoms with van der Waals surface area (Å²) in [6.45, 7) is 0. The van der Waals surface area contributed by atoms with Gasteiger partial charge in [0.05, 0.1) is 16.9 Å². The lowest BCUT2D eigenvalue weighted by atomic mass is 9.86. The van der Waals surface area contributed by atoms with Gasteiger partial charge in [-0.05, 0) is 96.9 Å². The van der Waals surface area contributed by atoms with Crippen LogP contribution in [0, 0.1) is 5.41 Å². The molecule has 0 bridgehead atoms. The molecule has 1 aliphatic carbocycles. The van der Waals surface area contributed by atoms with Crippen molar-refractivity contribution in [1.29, 1.82) is 5.41 Å². The fourth-order valence-corrected chi connectivity index (χ4v) is 7.08. The van der Waals surface area contributed by atoms with Crippen molar-refractivity contribution in [1.82, 2.24) is 4.98 Å². The Morgan fingerprint density at radius 1 is 0.490 bits per heavy atom. The maximum Gasteiger partial charge on any atom is 0.109 e. The Balaban J connectivity index is 1.04. The average molecular weight is 653 g/mol. The van der Waals surface area contributed by atoms with Crippen LogP contribution in [0.4, 0.5) is 5.69 Å². The second kappa shape index (κ2) is 12.8. The number of nitrogens with one attached hydrogen (secondary N) is 2. The van der Waals surface area contributed by atoms with Gasteiger partial charge in [0.1, 0.15) is 5.71 Å². The number of allylic oxidation sites excluding steroid dienone is 4. The molecule has 0 amide bonds. The molecule has 0 spiro atoms. The average Bonchev–Trinajstić information content (AvgIpc) is 3.20. The molecular weight excluding hydrogens is 621 g/mol. The second-order valence-corrected chi connectivity index (χ2v) is 12.7. The summed E-state index contributed by atoms with van der Waals surface area (Å²) in [5.74, 6) is 0. The highest BCUT2D eigenvalue weighted by Crippen LogP contribution is 2.44. The largest absolute Gasteiger partial charge is 0.299 e. The first kappa shape index (κ1) is 30.2. The van der Waals surface area contributed by atoms with E-state index in [1.807, 2.05) is 30.5 Å². The number of hydrogen-bond acceptors (Lipinski definition) is 4. The van der Waals surface area contributed by atoms with E-state index in [0.717, 1.165) is 38.9 Å². The normalized spacial score (nSPS) is 13.6. The molecule has 1 aromatic heterocycles. The van der Waals surface area contributed by atoms with Crippen LogP contribution in [-0.4, -0.2) is 16.4 Å². The van der Waals surface area contributed by atoms with Gasteiger partial charge < -0.3 is 0 Å². The van der Waals surface area contributed by atoms with E-state index in [1.165, 1.54) is 43.8 Å². The molecular formula is C47H32N4. The van der Waals surface area contributed by atoms with E-state index in [0.29, 0.717) is 11.4 Å². The molecule has 1 aliphatic rings. The molecule has 4 heteroatoms. The van der Waals surface area contributed by atoms with E-state index in [4.69, 9.17) is 10.4 Å². The number of pyridine rings is 1. The van der Waals surface area contributed by atoms with Crippen LogP contribution in [-0.2, 0) is 0 Å². The van der Waals surface area contributed by atoms with Gasteiger partial charge in [0.15, 0.2) is 0 Å². The number of anilines is 1. The van der Waals surface area contributed by atoms with E-state index in [2.05, 4.69) is 156 Å². The number of benzene rings is 7. The molecule has 0 unspecified atom stereocenters. The lowest BCUT2D eigenvalue weighted by Gasteiger charge is -2.18. The first-order valence-electron chi connectivity index (χ1n) is 17.1. The van der Waals surface area contributed by atoms with Gasteiger partial charge in [0.25, 0.3) is 0 Å². The molecule has 9 rings (SSSR count). The minimum absolute atomic E-state index is 0.364. The minimum atomic E-state index is 0.364. The zero-order valence-electron chi connectivity index (χ0n) is 27.7. The van der Waals surface area contributed by atoms with Crippen molar-refractivity contribution in [3.8, 4) is 33.4 Å². The van der Waals surface area contributed by atoms with Crippen LogP contribution in [0.5, 0.6) is 0 Å². The molecule has 1 heterocycles. The molecule has 0 saturated carbocycles. The van der Waals surface area contributed by atoms with Crippen molar-refractivity contribution in [3.63, 3.8) is 0 Å². The number of hydrogen-bond donors (Lipinski definition) is 2. The monoisotopic (exact) mass is 652 g/mol. The van der Waals surface area contributed by atoms with Crippen LogP contribution < -0.4 is 5.43 Å². The lowest BCUT2D eigenvalue weighted by Crippen LogP contribution is -2.13. The van der Waals surface area contributed by atoms with Crippen LogP contribution >= 0.6 is 0 Å². The summed E-state index contributed by atoms with van der Waals surface area (Å²) >= 11 is 0. The SMILES string of the molecule is N=C1C=CC(c2ccc(-c3ccccc3)cc2)=C/C1=N/Nc1ccc(-c2c3ccccc3c(-c3cnc4ccccc4c3)c3ccccc23)cc1. The predicted octanol–water partition coefficient (Wildman–Crippen LogP) is 12.0. The zero-order valence-corrected chi connectivity index (χ0v) is 27.7. The summed E-state index contributed by atoms with van der Waals surface area (Å²) in [6, 6.07) is 55.1. The Bertz CT molecular complexity index is 2650. The third-order valence-electron chi connectivity index (χ3n) is 9.61. The molecule has 51 heavy (non-hydrogen) atoms. The van der Waals surface area contributed by atoms with Crippen LogP contribution in [0.2, 0.25) is 0 Å². The number of aromatic nitrogens is 1. The molecule has 0 aliphatic heterocycles. The highest BCUT2D eigenvalue weighted by atomic mass is 15.3. The molecule has 4 nitrogen and oxygen atoms in total. The summed E-state index contributed by atoms with van der Waals surface area (Å²) in [4.78, 5) is 4.81. The Hall–Kier alpha value is -6.91. The van der Waals surface area contributed by atoms with Gasteiger partial charge >= 0.3 is 0 Å². The van der Waals surface area contributed by atoms with Crippen molar-refractivity contribution >= 4 is 55.1 Å². The molecule has 240 valence electrons. The summed E-state index contributed by atoms with van der Waals surface area (Å²) in [5, 5.41) is 19.1. The first-order chi connectivity index (χ1) is 25.2. The molecule has 0 saturated heterocycles. The van der Waals surface area contributed by atoms with Crippen LogP contribution in [0.25, 0.3) is 71.4 Å². The number of rotatable bonds is 6. The summed E-state index contributed by atoms with van der Waals surface area (Å²) < 4.78 is 0. The Kier molecular flexibility index (Phi) is 7.60. The highest BCUT2D eigenvalue weighted by molar-refractivity contribution is 6.51. The molecule has 8 aromatic rings. The minimum Gasteiger partial charge on any atom is -0.299 e. The first-order valence-corrected chi connectivity index (χ1v) is 17.1. The van der Waals surface area contributed by atoms with E-state index in [1.54, 1.807) is 6.08 Å². The van der Waals surface area contributed by atoms with Gasteiger partial charge in [-0.25, -0.2) is 0 Å². The van der Waals surface area contributed by atoms with Gasteiger partial charge in [0.2, 0.25) is 0 Å². The van der Waals surface area contributed by atoms with Gasteiger partial charge in [-0.15, -0.1) is 0 Å².